The first-order valence-corrected chi connectivity index (χ1v) is 14.9. The van der Waals surface area contributed by atoms with Gasteiger partial charge >= 0.3 is 0 Å². The average molecular weight is 562 g/mol. The Hall–Kier alpha value is -2.36. The van der Waals surface area contributed by atoms with E-state index in [0.717, 1.165) is 32.4 Å². The van der Waals surface area contributed by atoms with Crippen LogP contribution in [0, 0.1) is 17.8 Å². The van der Waals surface area contributed by atoms with Crippen molar-refractivity contribution in [3.63, 3.8) is 0 Å². The summed E-state index contributed by atoms with van der Waals surface area (Å²) in [6.07, 6.45) is 6.08. The van der Waals surface area contributed by atoms with Gasteiger partial charge in [0.15, 0.2) is 11.5 Å². The summed E-state index contributed by atoms with van der Waals surface area (Å²) in [5.41, 5.74) is 0.571. The lowest BCUT2D eigenvalue weighted by Gasteiger charge is -2.34. The van der Waals surface area contributed by atoms with Crippen molar-refractivity contribution in [2.45, 2.75) is 64.5 Å². The van der Waals surface area contributed by atoms with Crippen LogP contribution in [0.1, 0.15) is 62.7 Å². The van der Waals surface area contributed by atoms with Crippen molar-refractivity contribution in [1.29, 1.82) is 0 Å². The maximum Gasteiger partial charge on any atom is 0.254 e. The number of hydrogen-bond acceptors (Lipinski definition) is 7. The number of amides is 2. The summed E-state index contributed by atoms with van der Waals surface area (Å²) in [4.78, 5) is 30.9. The molecule has 3 rings (SSSR count). The molecular weight excluding hydrogens is 510 g/mol. The minimum absolute atomic E-state index is 0.0189. The van der Waals surface area contributed by atoms with E-state index in [2.05, 4.69) is 5.32 Å². The van der Waals surface area contributed by atoms with Gasteiger partial charge in [-0.15, -0.1) is 0 Å². The van der Waals surface area contributed by atoms with Crippen molar-refractivity contribution < 1.29 is 28.5 Å². The Morgan fingerprint density at radius 1 is 0.975 bits per heavy atom. The van der Waals surface area contributed by atoms with Gasteiger partial charge < -0.3 is 34.1 Å². The maximum absolute atomic E-state index is 13.8. The lowest BCUT2D eigenvalue weighted by atomic mass is 9.84. The van der Waals surface area contributed by atoms with Crippen LogP contribution in [-0.2, 0) is 14.3 Å². The van der Waals surface area contributed by atoms with Crippen molar-refractivity contribution >= 4 is 11.8 Å². The van der Waals surface area contributed by atoms with E-state index in [0.29, 0.717) is 49.3 Å². The third-order valence-corrected chi connectivity index (χ3v) is 8.42. The summed E-state index contributed by atoms with van der Waals surface area (Å²) in [7, 11) is 6.81. The molecule has 1 heterocycles. The molecule has 0 aromatic heterocycles. The molecule has 2 amide bonds. The fraction of sp³-hybridized carbons (Fsp3) is 0.742. The van der Waals surface area contributed by atoms with Crippen LogP contribution in [0.2, 0.25) is 0 Å². The van der Waals surface area contributed by atoms with Gasteiger partial charge in [-0.1, -0.05) is 19.3 Å². The van der Waals surface area contributed by atoms with Crippen LogP contribution < -0.4 is 14.8 Å². The molecule has 1 saturated heterocycles. The highest BCUT2D eigenvalue weighted by Crippen LogP contribution is 2.31. The van der Waals surface area contributed by atoms with Gasteiger partial charge in [-0.2, -0.15) is 0 Å². The van der Waals surface area contributed by atoms with Crippen LogP contribution in [-0.4, -0.2) is 102 Å². The van der Waals surface area contributed by atoms with Gasteiger partial charge in [0.2, 0.25) is 0 Å². The molecule has 2 fully saturated rings. The lowest BCUT2D eigenvalue weighted by molar-refractivity contribution is -0.145. The van der Waals surface area contributed by atoms with E-state index in [9.17, 15) is 9.59 Å². The summed E-state index contributed by atoms with van der Waals surface area (Å²) in [6, 6.07) is 5.38. The third kappa shape index (κ3) is 8.57. The van der Waals surface area contributed by atoms with Gasteiger partial charge in [-0.05, 0) is 62.6 Å². The van der Waals surface area contributed by atoms with Gasteiger partial charge in [0.1, 0.15) is 6.10 Å². The van der Waals surface area contributed by atoms with Crippen LogP contribution in [0.5, 0.6) is 11.5 Å². The van der Waals surface area contributed by atoms with E-state index in [1.54, 1.807) is 39.5 Å². The highest BCUT2D eigenvalue weighted by atomic mass is 16.5. The molecule has 226 valence electrons. The van der Waals surface area contributed by atoms with E-state index in [-0.39, 0.29) is 35.8 Å². The zero-order valence-electron chi connectivity index (χ0n) is 25.4. The van der Waals surface area contributed by atoms with Crippen LogP contribution in [0.15, 0.2) is 18.2 Å². The van der Waals surface area contributed by atoms with Crippen LogP contribution in [0.25, 0.3) is 0 Å². The minimum atomic E-state index is -0.368. The highest BCUT2D eigenvalue weighted by molar-refractivity contribution is 5.95. The second-order valence-electron chi connectivity index (χ2n) is 11.6. The smallest absolute Gasteiger partial charge is 0.254 e. The molecule has 1 saturated carbocycles. The lowest BCUT2D eigenvalue weighted by Crippen LogP contribution is -2.46. The van der Waals surface area contributed by atoms with E-state index in [4.69, 9.17) is 18.9 Å². The number of likely N-dealkylation sites (N-methyl/N-ethyl adjacent to an activating group) is 1. The molecule has 0 radical (unpaired) electrons. The number of ether oxygens (including phenoxy) is 4. The normalized spacial score (nSPS) is 20.4. The van der Waals surface area contributed by atoms with Gasteiger partial charge in [-0.25, -0.2) is 0 Å². The van der Waals surface area contributed by atoms with Crippen LogP contribution in [0.4, 0.5) is 0 Å². The number of carbonyl (C=O) groups excluding carboxylic acids is 2. The van der Waals surface area contributed by atoms with Crippen molar-refractivity contribution in [2.75, 3.05) is 67.8 Å². The van der Waals surface area contributed by atoms with E-state index < -0.39 is 0 Å². The van der Waals surface area contributed by atoms with Gasteiger partial charge in [0, 0.05) is 72.1 Å². The molecule has 9 heteroatoms. The quantitative estimate of drug-likeness (QED) is 0.326. The molecule has 0 bridgehead atoms. The Kier molecular flexibility index (Phi) is 13.0. The Morgan fingerprint density at radius 3 is 2.30 bits per heavy atom. The molecule has 9 nitrogen and oxygen atoms in total. The topological polar surface area (TPSA) is 89.6 Å². The number of hydrogen-bond donors (Lipinski definition) is 1. The molecule has 40 heavy (non-hydrogen) atoms. The fourth-order valence-electron chi connectivity index (χ4n) is 6.06. The molecule has 1 aromatic rings. The first-order valence-electron chi connectivity index (χ1n) is 14.9. The number of nitrogens with one attached hydrogen (secondary N) is 1. The first kappa shape index (κ1) is 32.2. The van der Waals surface area contributed by atoms with Crippen LogP contribution >= 0.6 is 0 Å². The molecular formula is C31H51N3O6. The Morgan fingerprint density at radius 2 is 1.68 bits per heavy atom. The molecule has 1 aliphatic carbocycles. The standard InChI is InChI=1S/C31H51N3O6/c1-22(2)34(30(35)24-13-14-27(38-5)28(17-24)40-16-10-15-37-4)21-26-19-32-18-25(26)20-33(3)31(36)29(39-6)23-11-8-7-9-12-23/h13-14,17,22-23,25-26,29,32H,7-12,15-16,18-21H2,1-6H3/t25-,26-,29?/m0/s1. The van der Waals surface area contributed by atoms with Crippen molar-refractivity contribution in [2.24, 2.45) is 17.8 Å². The van der Waals surface area contributed by atoms with Crippen LogP contribution in [0.3, 0.4) is 0 Å². The van der Waals surface area contributed by atoms with Crippen molar-refractivity contribution in [1.82, 2.24) is 15.1 Å². The number of benzene rings is 1. The monoisotopic (exact) mass is 561 g/mol. The molecule has 3 atom stereocenters. The fourth-order valence-corrected chi connectivity index (χ4v) is 6.06. The molecule has 0 spiro atoms. The van der Waals surface area contributed by atoms with E-state index in [1.807, 2.05) is 30.7 Å². The summed E-state index contributed by atoms with van der Waals surface area (Å²) in [5, 5.41) is 3.50. The molecule has 1 unspecified atom stereocenters. The number of carbonyl (C=O) groups is 2. The van der Waals surface area contributed by atoms with Crippen molar-refractivity contribution in [3.05, 3.63) is 23.8 Å². The summed E-state index contributed by atoms with van der Waals surface area (Å²) >= 11 is 0. The molecule has 1 aliphatic heterocycles. The molecule has 1 aromatic carbocycles. The Bertz CT molecular complexity index is 936. The summed E-state index contributed by atoms with van der Waals surface area (Å²) in [5.74, 6) is 1.99. The zero-order chi connectivity index (χ0) is 29.1. The number of methoxy groups -OCH3 is 3. The van der Waals surface area contributed by atoms with Gasteiger partial charge in [0.05, 0.1) is 13.7 Å². The Labute approximate surface area is 240 Å². The Balaban J connectivity index is 1.66. The molecule has 2 aliphatic rings. The van der Waals surface area contributed by atoms with Gasteiger partial charge in [-0.3, -0.25) is 9.59 Å². The second-order valence-corrected chi connectivity index (χ2v) is 11.6. The second kappa shape index (κ2) is 16.2. The maximum atomic E-state index is 13.8. The zero-order valence-corrected chi connectivity index (χ0v) is 25.4. The SMILES string of the molecule is COCCCOc1cc(C(=O)N(C[C@@H]2CNC[C@H]2CN(C)C(=O)C(OC)C2CCCCC2)C(C)C)ccc1OC. The summed E-state index contributed by atoms with van der Waals surface area (Å²) < 4.78 is 22.2. The van der Waals surface area contributed by atoms with Gasteiger partial charge in [0.25, 0.3) is 11.8 Å². The highest BCUT2D eigenvalue weighted by Gasteiger charge is 2.36. The van der Waals surface area contributed by atoms with E-state index in [1.165, 1.54) is 19.3 Å². The first-order chi connectivity index (χ1) is 19.3. The number of rotatable bonds is 15. The van der Waals surface area contributed by atoms with Crippen molar-refractivity contribution in [3.8, 4) is 11.5 Å². The third-order valence-electron chi connectivity index (χ3n) is 8.42. The average Bonchev–Trinajstić information content (AvgIpc) is 3.40. The minimum Gasteiger partial charge on any atom is -0.493 e. The predicted octanol–water partition coefficient (Wildman–Crippen LogP) is 3.85. The largest absolute Gasteiger partial charge is 0.493 e. The summed E-state index contributed by atoms with van der Waals surface area (Å²) in [6.45, 7) is 8.07. The predicted molar refractivity (Wildman–Crippen MR) is 156 cm³/mol. The number of nitrogens with zero attached hydrogens (tertiary/aromatic N) is 2. The van der Waals surface area contributed by atoms with E-state index >= 15 is 0 Å². The molecule has 1 N–H and O–H groups in total.